The summed E-state index contributed by atoms with van der Waals surface area (Å²) in [5.41, 5.74) is 1.37. The van der Waals surface area contributed by atoms with Crippen LogP contribution < -0.4 is 4.90 Å². The normalized spacial score (nSPS) is 19.5. The molecule has 1 saturated heterocycles. The molecule has 17 heavy (non-hydrogen) atoms. The van der Waals surface area contributed by atoms with Crippen molar-refractivity contribution < 1.29 is 4.74 Å². The van der Waals surface area contributed by atoms with Crippen molar-refractivity contribution in [3.8, 4) is 12.1 Å². The molecule has 0 saturated carbocycles. The zero-order chi connectivity index (χ0) is 12.3. The highest BCUT2D eigenvalue weighted by molar-refractivity contribution is 6.32. The first-order chi connectivity index (χ1) is 8.24. The van der Waals surface area contributed by atoms with E-state index in [1.54, 1.807) is 12.1 Å². The highest BCUT2D eigenvalue weighted by atomic mass is 35.5. The molecule has 0 aliphatic carbocycles. The number of ether oxygens (including phenoxy) is 1. The van der Waals surface area contributed by atoms with Crippen molar-refractivity contribution in [2.75, 3.05) is 24.6 Å². The molecule has 0 N–H and O–H groups in total. The maximum Gasteiger partial charge on any atom is 0.161 e. The molecule has 4 nitrogen and oxygen atoms in total. The predicted octanol–water partition coefficient (Wildman–Crippen LogP) is 1.94. The molecule has 5 heteroatoms. The Bertz CT molecular complexity index is 503. The van der Waals surface area contributed by atoms with Crippen LogP contribution in [0.25, 0.3) is 0 Å². The number of nitrogens with zero attached hydrogens (tertiary/aromatic N) is 3. The molecule has 1 heterocycles. The van der Waals surface area contributed by atoms with Crippen molar-refractivity contribution in [1.29, 1.82) is 10.5 Å². The SMILES string of the molecule is N#Cc1ccc(N2CCO[C@H](C#N)C2)cc1Cl. The fourth-order valence-electron chi connectivity index (χ4n) is 1.75. The van der Waals surface area contributed by atoms with Crippen LogP contribution in [0.5, 0.6) is 0 Å². The van der Waals surface area contributed by atoms with E-state index in [-0.39, 0.29) is 0 Å². The van der Waals surface area contributed by atoms with Gasteiger partial charge in [0.15, 0.2) is 6.10 Å². The van der Waals surface area contributed by atoms with Gasteiger partial charge in [0.05, 0.1) is 29.8 Å². The van der Waals surface area contributed by atoms with E-state index in [9.17, 15) is 0 Å². The second-order valence-corrected chi connectivity index (χ2v) is 4.12. The molecule has 1 aliphatic rings. The van der Waals surface area contributed by atoms with Crippen LogP contribution in [0.4, 0.5) is 5.69 Å². The first-order valence-electron chi connectivity index (χ1n) is 5.20. The van der Waals surface area contributed by atoms with Crippen molar-refractivity contribution in [2.24, 2.45) is 0 Å². The van der Waals surface area contributed by atoms with E-state index in [1.165, 1.54) is 0 Å². The molecule has 1 aromatic carbocycles. The van der Waals surface area contributed by atoms with Gasteiger partial charge in [-0.3, -0.25) is 0 Å². The van der Waals surface area contributed by atoms with Gasteiger partial charge in [-0.1, -0.05) is 11.6 Å². The number of hydrogen-bond donors (Lipinski definition) is 0. The smallest absolute Gasteiger partial charge is 0.161 e. The summed E-state index contributed by atoms with van der Waals surface area (Å²) >= 11 is 5.97. The molecular formula is C12H10ClN3O. The maximum absolute atomic E-state index is 8.82. The molecule has 0 unspecified atom stereocenters. The van der Waals surface area contributed by atoms with Gasteiger partial charge in [-0.2, -0.15) is 10.5 Å². The number of morpholine rings is 1. The highest BCUT2D eigenvalue weighted by Crippen LogP contribution is 2.24. The van der Waals surface area contributed by atoms with E-state index in [0.29, 0.717) is 23.7 Å². The molecule has 0 amide bonds. The molecule has 2 rings (SSSR count). The molecule has 0 spiro atoms. The lowest BCUT2D eigenvalue weighted by molar-refractivity contribution is 0.0764. The van der Waals surface area contributed by atoms with Crippen LogP contribution in [0.3, 0.4) is 0 Å². The number of nitriles is 2. The van der Waals surface area contributed by atoms with Gasteiger partial charge in [0.2, 0.25) is 0 Å². The Morgan fingerprint density at radius 3 is 2.88 bits per heavy atom. The summed E-state index contributed by atoms with van der Waals surface area (Å²) in [5.74, 6) is 0. The number of rotatable bonds is 1. The Labute approximate surface area is 105 Å². The zero-order valence-corrected chi connectivity index (χ0v) is 9.81. The van der Waals surface area contributed by atoms with Crippen LogP contribution >= 0.6 is 11.6 Å². The standard InChI is InChI=1S/C12H10ClN3O/c13-12-5-10(2-1-9(12)6-14)16-3-4-17-11(7-15)8-16/h1-2,5,11H,3-4,8H2/t11-/m1/s1. The van der Waals surface area contributed by atoms with Crippen molar-refractivity contribution in [3.05, 3.63) is 28.8 Å². The zero-order valence-electron chi connectivity index (χ0n) is 9.06. The van der Waals surface area contributed by atoms with Crippen molar-refractivity contribution in [1.82, 2.24) is 0 Å². The van der Waals surface area contributed by atoms with Crippen LogP contribution in [0.15, 0.2) is 18.2 Å². The number of hydrogen-bond acceptors (Lipinski definition) is 4. The maximum atomic E-state index is 8.82. The van der Waals surface area contributed by atoms with Crippen LogP contribution in [-0.4, -0.2) is 25.8 Å². The van der Waals surface area contributed by atoms with Gasteiger partial charge in [0.25, 0.3) is 0 Å². The van der Waals surface area contributed by atoms with E-state index in [0.717, 1.165) is 12.2 Å². The monoisotopic (exact) mass is 247 g/mol. The predicted molar refractivity (Wildman–Crippen MR) is 63.7 cm³/mol. The number of benzene rings is 1. The lowest BCUT2D eigenvalue weighted by Crippen LogP contribution is -2.41. The number of anilines is 1. The van der Waals surface area contributed by atoms with Crippen LogP contribution in [-0.2, 0) is 4.74 Å². The summed E-state index contributed by atoms with van der Waals surface area (Å²) in [7, 11) is 0. The fraction of sp³-hybridized carbons (Fsp3) is 0.333. The van der Waals surface area contributed by atoms with Gasteiger partial charge in [-0.25, -0.2) is 0 Å². The minimum atomic E-state index is -0.404. The van der Waals surface area contributed by atoms with Crippen molar-refractivity contribution in [2.45, 2.75) is 6.10 Å². The first-order valence-corrected chi connectivity index (χ1v) is 5.58. The van der Waals surface area contributed by atoms with Gasteiger partial charge in [0.1, 0.15) is 6.07 Å². The van der Waals surface area contributed by atoms with E-state index in [1.807, 2.05) is 17.0 Å². The average molecular weight is 248 g/mol. The Kier molecular flexibility index (Phi) is 3.49. The Morgan fingerprint density at radius 2 is 2.24 bits per heavy atom. The Balaban J connectivity index is 2.21. The summed E-state index contributed by atoms with van der Waals surface area (Å²) in [6.45, 7) is 1.77. The van der Waals surface area contributed by atoms with E-state index in [4.69, 9.17) is 26.9 Å². The molecule has 1 atom stereocenters. The molecule has 86 valence electrons. The van der Waals surface area contributed by atoms with Gasteiger partial charge >= 0.3 is 0 Å². The Hall–Kier alpha value is -1.75. The molecule has 1 aromatic rings. The van der Waals surface area contributed by atoms with Gasteiger partial charge < -0.3 is 9.64 Å². The van der Waals surface area contributed by atoms with Crippen LogP contribution in [0.2, 0.25) is 5.02 Å². The van der Waals surface area contributed by atoms with Crippen LogP contribution in [0, 0.1) is 22.7 Å². The van der Waals surface area contributed by atoms with Crippen molar-refractivity contribution >= 4 is 17.3 Å². The van der Waals surface area contributed by atoms with E-state index in [2.05, 4.69) is 6.07 Å². The quantitative estimate of drug-likeness (QED) is 0.761. The molecule has 0 bridgehead atoms. The molecule has 0 aromatic heterocycles. The summed E-state index contributed by atoms with van der Waals surface area (Å²) in [4.78, 5) is 2.03. The van der Waals surface area contributed by atoms with E-state index < -0.39 is 6.10 Å². The second-order valence-electron chi connectivity index (χ2n) is 3.71. The Morgan fingerprint density at radius 1 is 1.41 bits per heavy atom. The second kappa shape index (κ2) is 5.05. The summed E-state index contributed by atoms with van der Waals surface area (Å²) in [6.07, 6.45) is -0.404. The lowest BCUT2D eigenvalue weighted by atomic mass is 10.2. The minimum Gasteiger partial charge on any atom is -0.365 e. The van der Waals surface area contributed by atoms with Gasteiger partial charge in [-0.15, -0.1) is 0 Å². The lowest BCUT2D eigenvalue weighted by Gasteiger charge is -2.31. The largest absolute Gasteiger partial charge is 0.365 e. The molecule has 1 fully saturated rings. The molecule has 0 radical (unpaired) electrons. The fourth-order valence-corrected chi connectivity index (χ4v) is 1.97. The van der Waals surface area contributed by atoms with Crippen molar-refractivity contribution in [3.63, 3.8) is 0 Å². The average Bonchev–Trinajstić information content (AvgIpc) is 2.38. The van der Waals surface area contributed by atoms with Crippen LogP contribution in [0.1, 0.15) is 5.56 Å². The molecular weight excluding hydrogens is 238 g/mol. The first kappa shape index (κ1) is 11.7. The third kappa shape index (κ3) is 2.50. The number of halogens is 1. The minimum absolute atomic E-state index is 0.404. The summed E-state index contributed by atoms with van der Waals surface area (Å²) in [5, 5.41) is 18.0. The third-order valence-corrected chi connectivity index (χ3v) is 2.96. The summed E-state index contributed by atoms with van der Waals surface area (Å²) in [6, 6.07) is 9.39. The summed E-state index contributed by atoms with van der Waals surface area (Å²) < 4.78 is 5.27. The van der Waals surface area contributed by atoms with Gasteiger partial charge in [-0.05, 0) is 18.2 Å². The third-order valence-electron chi connectivity index (χ3n) is 2.65. The topological polar surface area (TPSA) is 60.1 Å². The van der Waals surface area contributed by atoms with E-state index >= 15 is 0 Å². The molecule has 1 aliphatic heterocycles. The highest BCUT2D eigenvalue weighted by Gasteiger charge is 2.20. The van der Waals surface area contributed by atoms with Gasteiger partial charge in [0, 0.05) is 12.2 Å².